The Morgan fingerprint density at radius 2 is 2.09 bits per heavy atom. The van der Waals surface area contributed by atoms with Crippen molar-refractivity contribution in [2.24, 2.45) is 17.6 Å². The summed E-state index contributed by atoms with van der Waals surface area (Å²) >= 11 is 0. The molecule has 1 fully saturated rings. The van der Waals surface area contributed by atoms with Crippen LogP contribution in [0.3, 0.4) is 0 Å². The Balaban J connectivity index is 2.61. The molecule has 0 saturated heterocycles. The summed E-state index contributed by atoms with van der Waals surface area (Å²) in [6, 6.07) is 2.21. The van der Waals surface area contributed by atoms with Crippen LogP contribution in [0, 0.1) is 23.2 Å². The van der Waals surface area contributed by atoms with Crippen LogP contribution in [0.5, 0.6) is 0 Å². The molecule has 1 rings (SSSR count). The van der Waals surface area contributed by atoms with E-state index in [1.54, 1.807) is 0 Å². The van der Waals surface area contributed by atoms with Crippen molar-refractivity contribution in [2.45, 2.75) is 38.6 Å². The predicted octanol–water partition coefficient (Wildman–Crippen LogP) is 1.66. The maximum Gasteiger partial charge on any atom is 0.104 e. The largest absolute Gasteiger partial charge is 0.313 e. The maximum atomic E-state index is 8.78. The monoisotopic (exact) mass is 152 g/mol. The normalized spacial score (nSPS) is 44.9. The summed E-state index contributed by atoms with van der Waals surface area (Å²) in [5.41, 5.74) is 5.33. The summed E-state index contributed by atoms with van der Waals surface area (Å²) in [5, 5.41) is 8.78. The molecule has 11 heavy (non-hydrogen) atoms. The summed E-state index contributed by atoms with van der Waals surface area (Å²) in [6.45, 7) is 4.42. The average Bonchev–Trinajstić information content (AvgIpc) is 1.98. The summed E-state index contributed by atoms with van der Waals surface area (Å²) < 4.78 is 0. The van der Waals surface area contributed by atoms with Gasteiger partial charge in [-0.05, 0) is 31.1 Å². The molecule has 0 radical (unpaired) electrons. The van der Waals surface area contributed by atoms with Gasteiger partial charge in [0, 0.05) is 0 Å². The minimum Gasteiger partial charge on any atom is -0.313 e. The number of hydrogen-bond donors (Lipinski definition) is 1. The second-order valence-corrected chi connectivity index (χ2v) is 3.97. The Bertz CT molecular complexity index is 182. The van der Waals surface area contributed by atoms with Crippen molar-refractivity contribution in [3.8, 4) is 6.07 Å². The molecule has 0 aliphatic heterocycles. The van der Waals surface area contributed by atoms with Crippen LogP contribution in [0.1, 0.15) is 33.1 Å². The van der Waals surface area contributed by atoms with Crippen LogP contribution in [0.2, 0.25) is 0 Å². The molecule has 2 nitrogen and oxygen atoms in total. The molecular formula is C9H16N2. The van der Waals surface area contributed by atoms with E-state index in [1.807, 2.05) is 0 Å². The molecule has 3 unspecified atom stereocenters. The summed E-state index contributed by atoms with van der Waals surface area (Å²) in [6.07, 6.45) is 2.84. The predicted molar refractivity (Wildman–Crippen MR) is 44.7 cm³/mol. The van der Waals surface area contributed by atoms with E-state index in [-0.39, 0.29) is 0 Å². The first-order chi connectivity index (χ1) is 5.07. The highest BCUT2D eigenvalue weighted by atomic mass is 14.7. The quantitative estimate of drug-likeness (QED) is 0.574. The Kier molecular flexibility index (Phi) is 2.20. The van der Waals surface area contributed by atoms with Gasteiger partial charge in [-0.15, -0.1) is 0 Å². The fourth-order valence-corrected chi connectivity index (χ4v) is 1.75. The standard InChI is InChI=1S/C9H16N2/c1-7-3-4-9(11,6-10)5-8(7)2/h7-8H,3-5,11H2,1-2H3. The van der Waals surface area contributed by atoms with Gasteiger partial charge >= 0.3 is 0 Å². The molecule has 0 bridgehead atoms. The highest BCUT2D eigenvalue weighted by Crippen LogP contribution is 2.33. The molecule has 1 saturated carbocycles. The highest BCUT2D eigenvalue weighted by Gasteiger charge is 2.34. The van der Waals surface area contributed by atoms with Crippen molar-refractivity contribution in [1.29, 1.82) is 5.26 Å². The molecule has 1 aliphatic rings. The van der Waals surface area contributed by atoms with E-state index in [9.17, 15) is 0 Å². The smallest absolute Gasteiger partial charge is 0.104 e. The molecule has 1 aliphatic carbocycles. The zero-order valence-corrected chi connectivity index (χ0v) is 7.30. The van der Waals surface area contributed by atoms with E-state index in [0.29, 0.717) is 5.92 Å². The second kappa shape index (κ2) is 2.83. The first-order valence-electron chi connectivity index (χ1n) is 4.27. The number of hydrogen-bond acceptors (Lipinski definition) is 2. The van der Waals surface area contributed by atoms with Gasteiger partial charge in [-0.1, -0.05) is 13.8 Å². The number of nitrogens with zero attached hydrogens (tertiary/aromatic N) is 1. The molecular weight excluding hydrogens is 136 g/mol. The average molecular weight is 152 g/mol. The molecule has 2 heteroatoms. The second-order valence-electron chi connectivity index (χ2n) is 3.97. The van der Waals surface area contributed by atoms with Gasteiger partial charge in [0.1, 0.15) is 5.54 Å². The van der Waals surface area contributed by atoms with E-state index in [2.05, 4.69) is 19.9 Å². The number of nitrogens with two attached hydrogens (primary N) is 1. The van der Waals surface area contributed by atoms with E-state index >= 15 is 0 Å². The molecule has 0 heterocycles. The van der Waals surface area contributed by atoms with Gasteiger partial charge < -0.3 is 5.73 Å². The van der Waals surface area contributed by atoms with Crippen LogP contribution < -0.4 is 5.73 Å². The highest BCUT2D eigenvalue weighted by molar-refractivity contribution is 5.07. The number of rotatable bonds is 0. The van der Waals surface area contributed by atoms with Crippen LogP contribution in [-0.4, -0.2) is 5.54 Å². The van der Waals surface area contributed by atoms with Crippen LogP contribution >= 0.6 is 0 Å². The molecule has 0 amide bonds. The van der Waals surface area contributed by atoms with E-state index in [1.165, 1.54) is 0 Å². The van der Waals surface area contributed by atoms with Gasteiger partial charge in [0.2, 0.25) is 0 Å². The van der Waals surface area contributed by atoms with Gasteiger partial charge in [-0.3, -0.25) is 0 Å². The third-order valence-corrected chi connectivity index (χ3v) is 2.93. The molecule has 0 spiro atoms. The topological polar surface area (TPSA) is 49.8 Å². The van der Waals surface area contributed by atoms with Crippen molar-refractivity contribution in [1.82, 2.24) is 0 Å². The molecule has 3 atom stereocenters. The van der Waals surface area contributed by atoms with Gasteiger partial charge in [0.05, 0.1) is 6.07 Å². The lowest BCUT2D eigenvalue weighted by atomic mass is 9.72. The maximum absolute atomic E-state index is 8.78. The molecule has 0 aromatic carbocycles. The Morgan fingerprint density at radius 3 is 2.55 bits per heavy atom. The third kappa shape index (κ3) is 1.72. The van der Waals surface area contributed by atoms with Gasteiger partial charge in [-0.25, -0.2) is 0 Å². The lowest BCUT2D eigenvalue weighted by Gasteiger charge is -2.35. The van der Waals surface area contributed by atoms with Gasteiger partial charge in [0.25, 0.3) is 0 Å². The van der Waals surface area contributed by atoms with Crippen molar-refractivity contribution in [2.75, 3.05) is 0 Å². The molecule has 62 valence electrons. The Hall–Kier alpha value is -0.550. The minimum absolute atomic E-state index is 0.522. The van der Waals surface area contributed by atoms with Crippen molar-refractivity contribution < 1.29 is 0 Å². The van der Waals surface area contributed by atoms with E-state index < -0.39 is 5.54 Å². The zero-order valence-electron chi connectivity index (χ0n) is 7.30. The summed E-state index contributed by atoms with van der Waals surface area (Å²) in [7, 11) is 0. The summed E-state index contributed by atoms with van der Waals surface area (Å²) in [4.78, 5) is 0. The van der Waals surface area contributed by atoms with Crippen LogP contribution in [-0.2, 0) is 0 Å². The van der Waals surface area contributed by atoms with Crippen molar-refractivity contribution in [3.05, 3.63) is 0 Å². The fourth-order valence-electron chi connectivity index (χ4n) is 1.75. The SMILES string of the molecule is CC1CCC(N)(C#N)CC1C. The van der Waals surface area contributed by atoms with Gasteiger partial charge in [-0.2, -0.15) is 5.26 Å². The van der Waals surface area contributed by atoms with Crippen LogP contribution in [0.15, 0.2) is 0 Å². The van der Waals surface area contributed by atoms with Crippen molar-refractivity contribution >= 4 is 0 Å². The van der Waals surface area contributed by atoms with E-state index in [4.69, 9.17) is 11.0 Å². The van der Waals surface area contributed by atoms with Crippen LogP contribution in [0.4, 0.5) is 0 Å². The third-order valence-electron chi connectivity index (χ3n) is 2.93. The van der Waals surface area contributed by atoms with Gasteiger partial charge in [0.15, 0.2) is 0 Å². The van der Waals surface area contributed by atoms with Crippen molar-refractivity contribution in [3.63, 3.8) is 0 Å². The van der Waals surface area contributed by atoms with Crippen LogP contribution in [0.25, 0.3) is 0 Å². The summed E-state index contributed by atoms with van der Waals surface area (Å²) in [5.74, 6) is 1.34. The molecule has 0 aromatic heterocycles. The Morgan fingerprint density at radius 1 is 1.45 bits per heavy atom. The zero-order chi connectivity index (χ0) is 8.48. The first kappa shape index (κ1) is 8.55. The van der Waals surface area contributed by atoms with E-state index in [0.717, 1.165) is 25.2 Å². The Labute approximate surface area is 68.4 Å². The fraction of sp³-hybridized carbons (Fsp3) is 0.889. The minimum atomic E-state index is -0.522. The molecule has 2 N–H and O–H groups in total. The molecule has 0 aromatic rings. The lowest BCUT2D eigenvalue weighted by Crippen LogP contribution is -2.44. The first-order valence-corrected chi connectivity index (χ1v) is 4.27. The number of nitriles is 1. The lowest BCUT2D eigenvalue weighted by molar-refractivity contribution is 0.214.